The lowest BCUT2D eigenvalue weighted by Crippen LogP contribution is -2.17. The molecule has 0 aliphatic carbocycles. The minimum atomic E-state index is -0.351. The second kappa shape index (κ2) is 7.70. The fourth-order valence-corrected chi connectivity index (χ4v) is 2.46. The number of benzene rings is 1. The van der Waals surface area contributed by atoms with E-state index in [0.717, 1.165) is 36.8 Å². The van der Waals surface area contributed by atoms with E-state index >= 15 is 0 Å². The van der Waals surface area contributed by atoms with Gasteiger partial charge >= 0.3 is 0 Å². The van der Waals surface area contributed by atoms with Crippen LogP contribution in [-0.2, 0) is 11.2 Å². The summed E-state index contributed by atoms with van der Waals surface area (Å²) in [6.07, 6.45) is 4.55. The fourth-order valence-electron chi connectivity index (χ4n) is 2.46. The van der Waals surface area contributed by atoms with Gasteiger partial charge in [0.15, 0.2) is 0 Å². The third kappa shape index (κ3) is 4.14. The van der Waals surface area contributed by atoms with Gasteiger partial charge in [0, 0.05) is 12.8 Å². The molecule has 1 aromatic heterocycles. The largest absolute Gasteiger partial charge is 0.310 e. The van der Waals surface area contributed by atoms with Crippen LogP contribution in [0.4, 0.5) is 0 Å². The van der Waals surface area contributed by atoms with Crippen LogP contribution in [0.3, 0.4) is 0 Å². The van der Waals surface area contributed by atoms with Crippen molar-refractivity contribution < 1.29 is 10.0 Å². The van der Waals surface area contributed by atoms with Crippen LogP contribution in [0.2, 0.25) is 0 Å². The Labute approximate surface area is 128 Å². The van der Waals surface area contributed by atoms with Gasteiger partial charge in [0.25, 0.3) is 5.56 Å². The van der Waals surface area contributed by atoms with Gasteiger partial charge in [-0.1, -0.05) is 25.0 Å². The first-order valence-corrected chi connectivity index (χ1v) is 7.53. The molecule has 3 N–H and O–H groups in total. The number of unbranched alkanes of at least 4 members (excludes halogenated alkanes) is 3. The lowest BCUT2D eigenvalue weighted by atomic mass is 10.1. The number of aromatic amines is 1. The summed E-state index contributed by atoms with van der Waals surface area (Å²) in [4.78, 5) is 30.3. The number of aromatic nitrogens is 2. The molecule has 1 aromatic carbocycles. The van der Waals surface area contributed by atoms with Crippen molar-refractivity contribution in [1.82, 2.24) is 15.4 Å². The highest BCUT2D eigenvalue weighted by Crippen LogP contribution is 2.13. The maximum atomic E-state index is 12.0. The van der Waals surface area contributed by atoms with E-state index in [1.54, 1.807) is 11.5 Å². The molecule has 22 heavy (non-hydrogen) atoms. The summed E-state index contributed by atoms with van der Waals surface area (Å²) in [7, 11) is 0. The van der Waals surface area contributed by atoms with Gasteiger partial charge in [-0.05, 0) is 31.4 Å². The number of hydrogen-bond donors (Lipinski definition) is 3. The second-order valence-electron chi connectivity index (χ2n) is 5.43. The normalized spacial score (nSPS) is 10.8. The van der Waals surface area contributed by atoms with E-state index in [2.05, 4.69) is 9.97 Å². The fraction of sp³-hybridized carbons (Fsp3) is 0.438. The highest BCUT2D eigenvalue weighted by molar-refractivity contribution is 5.80. The summed E-state index contributed by atoms with van der Waals surface area (Å²) in [6.45, 7) is 1.95. The molecule has 0 saturated heterocycles. The molecular formula is C16H21N3O3. The average Bonchev–Trinajstić information content (AvgIpc) is 2.51. The minimum absolute atomic E-state index is 0.0942. The average molecular weight is 303 g/mol. The third-order valence-corrected chi connectivity index (χ3v) is 3.68. The van der Waals surface area contributed by atoms with Crippen molar-refractivity contribution in [2.45, 2.75) is 45.4 Å². The Morgan fingerprint density at radius 2 is 2.05 bits per heavy atom. The molecule has 118 valence electrons. The minimum Gasteiger partial charge on any atom is -0.310 e. The number of hydrogen-bond acceptors (Lipinski definition) is 4. The van der Waals surface area contributed by atoms with E-state index in [0.29, 0.717) is 24.1 Å². The lowest BCUT2D eigenvalue weighted by Gasteiger charge is -2.05. The quantitative estimate of drug-likeness (QED) is 0.415. The van der Waals surface area contributed by atoms with Crippen LogP contribution in [0.15, 0.2) is 23.0 Å². The summed E-state index contributed by atoms with van der Waals surface area (Å²) in [5, 5.41) is 9.00. The number of H-pyrrole nitrogens is 1. The molecule has 0 aliphatic heterocycles. The van der Waals surface area contributed by atoms with Gasteiger partial charge in [-0.25, -0.2) is 10.5 Å². The zero-order valence-electron chi connectivity index (χ0n) is 12.7. The van der Waals surface area contributed by atoms with Gasteiger partial charge in [0.05, 0.1) is 10.9 Å². The predicted octanol–water partition coefficient (Wildman–Crippen LogP) is 2.23. The van der Waals surface area contributed by atoms with Gasteiger partial charge in [-0.2, -0.15) is 0 Å². The molecule has 0 radical (unpaired) electrons. The number of carbonyl (C=O) groups excluding carboxylic acids is 1. The first-order chi connectivity index (χ1) is 10.6. The van der Waals surface area contributed by atoms with Gasteiger partial charge in [-0.15, -0.1) is 0 Å². The number of para-hydroxylation sites is 1. The number of hydroxylamine groups is 1. The Morgan fingerprint density at radius 1 is 1.27 bits per heavy atom. The van der Waals surface area contributed by atoms with Crippen molar-refractivity contribution in [2.24, 2.45) is 0 Å². The van der Waals surface area contributed by atoms with Crippen molar-refractivity contribution in [2.75, 3.05) is 0 Å². The molecule has 6 heteroatoms. The number of aryl methyl sites for hydroxylation is 2. The first kappa shape index (κ1) is 16.2. The Bertz CT molecular complexity index is 709. The Hall–Kier alpha value is -2.21. The number of nitrogens with zero attached hydrogens (tertiary/aromatic N) is 1. The molecule has 0 aliphatic rings. The van der Waals surface area contributed by atoms with E-state index < -0.39 is 0 Å². The van der Waals surface area contributed by atoms with Gasteiger partial charge in [-0.3, -0.25) is 14.8 Å². The van der Waals surface area contributed by atoms with E-state index in [1.165, 1.54) is 0 Å². The number of amides is 1. The standard InChI is InChI=1S/C16H21N3O3/c1-11-7-6-8-12-15(11)17-13(18-16(12)21)9-4-2-3-5-10-14(20)19-22/h6-8,22H,2-5,9-10H2,1H3,(H,19,20)(H,17,18,21). The number of nitrogens with one attached hydrogen (secondary N) is 2. The highest BCUT2D eigenvalue weighted by atomic mass is 16.5. The van der Waals surface area contributed by atoms with Crippen molar-refractivity contribution in [3.05, 3.63) is 39.9 Å². The predicted molar refractivity (Wildman–Crippen MR) is 83.8 cm³/mol. The van der Waals surface area contributed by atoms with Crippen LogP contribution >= 0.6 is 0 Å². The van der Waals surface area contributed by atoms with E-state index in [1.807, 2.05) is 19.1 Å². The maximum Gasteiger partial charge on any atom is 0.258 e. The van der Waals surface area contributed by atoms with Crippen LogP contribution in [-0.4, -0.2) is 21.1 Å². The van der Waals surface area contributed by atoms with Crippen molar-refractivity contribution in [3.8, 4) is 0 Å². The van der Waals surface area contributed by atoms with Crippen LogP contribution in [0.5, 0.6) is 0 Å². The Morgan fingerprint density at radius 3 is 2.82 bits per heavy atom. The zero-order chi connectivity index (χ0) is 15.9. The molecule has 1 heterocycles. The summed E-state index contributed by atoms with van der Waals surface area (Å²) >= 11 is 0. The molecule has 0 unspecified atom stereocenters. The molecule has 0 atom stereocenters. The van der Waals surface area contributed by atoms with E-state index in [-0.39, 0.29) is 11.5 Å². The molecule has 1 amide bonds. The van der Waals surface area contributed by atoms with Crippen LogP contribution in [0.1, 0.15) is 43.5 Å². The summed E-state index contributed by atoms with van der Waals surface area (Å²) in [6, 6.07) is 5.59. The van der Waals surface area contributed by atoms with Crippen LogP contribution < -0.4 is 11.0 Å². The number of rotatable bonds is 7. The van der Waals surface area contributed by atoms with Gasteiger partial charge in [0.2, 0.25) is 5.91 Å². The first-order valence-electron chi connectivity index (χ1n) is 7.53. The van der Waals surface area contributed by atoms with Crippen molar-refractivity contribution in [1.29, 1.82) is 0 Å². The van der Waals surface area contributed by atoms with Crippen molar-refractivity contribution >= 4 is 16.8 Å². The third-order valence-electron chi connectivity index (χ3n) is 3.68. The Kier molecular flexibility index (Phi) is 5.66. The maximum absolute atomic E-state index is 12.0. The summed E-state index contributed by atoms with van der Waals surface area (Å²) in [5.74, 6) is 0.357. The van der Waals surface area contributed by atoms with Gasteiger partial charge in [0.1, 0.15) is 5.82 Å². The van der Waals surface area contributed by atoms with Crippen LogP contribution in [0, 0.1) is 6.92 Å². The van der Waals surface area contributed by atoms with Crippen molar-refractivity contribution in [3.63, 3.8) is 0 Å². The summed E-state index contributed by atoms with van der Waals surface area (Å²) in [5.41, 5.74) is 3.29. The summed E-state index contributed by atoms with van der Waals surface area (Å²) < 4.78 is 0. The van der Waals surface area contributed by atoms with E-state index in [4.69, 9.17) is 5.21 Å². The zero-order valence-corrected chi connectivity index (χ0v) is 12.7. The molecule has 2 rings (SSSR count). The topological polar surface area (TPSA) is 95.1 Å². The number of fused-ring (bicyclic) bond motifs is 1. The Balaban J connectivity index is 1.89. The number of carbonyl (C=O) groups is 1. The molecule has 2 aromatic rings. The molecule has 0 spiro atoms. The second-order valence-corrected chi connectivity index (χ2v) is 5.43. The van der Waals surface area contributed by atoms with Gasteiger partial charge < -0.3 is 4.98 Å². The van der Waals surface area contributed by atoms with E-state index in [9.17, 15) is 9.59 Å². The molecular weight excluding hydrogens is 282 g/mol. The lowest BCUT2D eigenvalue weighted by molar-refractivity contribution is -0.129. The highest BCUT2D eigenvalue weighted by Gasteiger charge is 2.06. The molecule has 0 saturated carbocycles. The molecule has 0 bridgehead atoms. The molecule has 0 fully saturated rings. The SMILES string of the molecule is Cc1cccc2c(=O)[nH]c(CCCCCCC(=O)NO)nc12. The smallest absolute Gasteiger partial charge is 0.258 e. The molecule has 6 nitrogen and oxygen atoms in total. The van der Waals surface area contributed by atoms with Crippen LogP contribution in [0.25, 0.3) is 10.9 Å². The monoisotopic (exact) mass is 303 g/mol.